The Kier molecular flexibility index (Phi) is 4.87. The molecule has 0 amide bonds. The number of aryl methyl sites for hydroxylation is 2. The zero-order valence-electron chi connectivity index (χ0n) is 14.9. The lowest BCUT2D eigenvalue weighted by molar-refractivity contribution is 0.257. The van der Waals surface area contributed by atoms with E-state index in [1.54, 1.807) is 24.7 Å². The molecule has 134 valence electrons. The molecule has 3 heterocycles. The molecule has 0 saturated carbocycles. The molecule has 0 atom stereocenters. The van der Waals surface area contributed by atoms with E-state index in [0.717, 1.165) is 23.6 Å². The van der Waals surface area contributed by atoms with Crippen LogP contribution in [0.5, 0.6) is 5.75 Å². The summed E-state index contributed by atoms with van der Waals surface area (Å²) in [7, 11) is 1.75. The van der Waals surface area contributed by atoms with Crippen molar-refractivity contribution in [1.29, 1.82) is 0 Å². The standard InChI is InChI=1S/C18H24N4O3/c1-11-17(24)15(13(10-23)8-19-11)9-22-6-4-14-16(5-7-22)20-12(2)21(3)18(14)25/h8,23-24H,4-7,9-10H2,1-3H3. The minimum absolute atomic E-state index is 0.0306. The molecule has 1 aliphatic rings. The quantitative estimate of drug-likeness (QED) is 0.847. The first-order chi connectivity index (χ1) is 11.9. The number of nitrogens with zero attached hydrogens (tertiary/aromatic N) is 4. The molecule has 0 aliphatic carbocycles. The Bertz CT molecular complexity index is 860. The normalized spacial score (nSPS) is 15.0. The van der Waals surface area contributed by atoms with Crippen molar-refractivity contribution in [2.45, 2.75) is 39.8 Å². The number of rotatable bonds is 3. The second-order valence-electron chi connectivity index (χ2n) is 6.58. The lowest BCUT2D eigenvalue weighted by Gasteiger charge is -2.22. The summed E-state index contributed by atoms with van der Waals surface area (Å²) in [5, 5.41) is 19.9. The van der Waals surface area contributed by atoms with Crippen molar-refractivity contribution in [1.82, 2.24) is 19.4 Å². The third-order valence-corrected chi connectivity index (χ3v) is 5.02. The number of aromatic hydroxyl groups is 1. The lowest BCUT2D eigenvalue weighted by Crippen LogP contribution is -2.28. The van der Waals surface area contributed by atoms with Crippen molar-refractivity contribution in [2.24, 2.45) is 7.05 Å². The van der Waals surface area contributed by atoms with Crippen molar-refractivity contribution in [3.05, 3.63) is 50.5 Å². The molecule has 0 aromatic carbocycles. The third kappa shape index (κ3) is 3.29. The fourth-order valence-electron chi connectivity index (χ4n) is 3.29. The van der Waals surface area contributed by atoms with E-state index in [1.807, 2.05) is 6.92 Å². The molecule has 25 heavy (non-hydrogen) atoms. The molecule has 0 unspecified atom stereocenters. The predicted octanol–water partition coefficient (Wildman–Crippen LogP) is 0.591. The fourth-order valence-corrected chi connectivity index (χ4v) is 3.29. The largest absolute Gasteiger partial charge is 0.506 e. The van der Waals surface area contributed by atoms with Gasteiger partial charge in [0.2, 0.25) is 0 Å². The average molecular weight is 344 g/mol. The van der Waals surface area contributed by atoms with Crippen molar-refractivity contribution in [3.63, 3.8) is 0 Å². The number of aromatic nitrogens is 3. The first kappa shape index (κ1) is 17.6. The maximum atomic E-state index is 12.5. The Hall–Kier alpha value is -2.25. The number of aliphatic hydroxyl groups excluding tert-OH is 1. The fraction of sp³-hybridized carbons (Fsp3) is 0.500. The second kappa shape index (κ2) is 6.93. The zero-order chi connectivity index (χ0) is 18.1. The van der Waals surface area contributed by atoms with Gasteiger partial charge in [0.1, 0.15) is 11.6 Å². The van der Waals surface area contributed by atoms with Gasteiger partial charge in [0.15, 0.2) is 0 Å². The molecule has 0 bridgehead atoms. The molecule has 0 fully saturated rings. The molecule has 7 heteroatoms. The molecule has 0 saturated heterocycles. The maximum Gasteiger partial charge on any atom is 0.256 e. The number of aliphatic hydroxyl groups is 1. The van der Waals surface area contributed by atoms with Crippen LogP contribution in [0.2, 0.25) is 0 Å². The van der Waals surface area contributed by atoms with E-state index in [2.05, 4.69) is 14.9 Å². The molecule has 0 radical (unpaired) electrons. The van der Waals surface area contributed by atoms with Crippen LogP contribution in [-0.4, -0.2) is 42.7 Å². The van der Waals surface area contributed by atoms with Gasteiger partial charge in [-0.05, 0) is 20.3 Å². The van der Waals surface area contributed by atoms with Crippen LogP contribution in [-0.2, 0) is 33.0 Å². The van der Waals surface area contributed by atoms with E-state index in [0.29, 0.717) is 42.8 Å². The highest BCUT2D eigenvalue weighted by molar-refractivity contribution is 5.40. The second-order valence-corrected chi connectivity index (χ2v) is 6.58. The summed E-state index contributed by atoms with van der Waals surface area (Å²) in [5.74, 6) is 0.861. The highest BCUT2D eigenvalue weighted by atomic mass is 16.3. The average Bonchev–Trinajstić information content (AvgIpc) is 2.80. The Morgan fingerprint density at radius 2 is 1.96 bits per heavy atom. The van der Waals surface area contributed by atoms with Gasteiger partial charge >= 0.3 is 0 Å². The monoisotopic (exact) mass is 344 g/mol. The first-order valence-corrected chi connectivity index (χ1v) is 8.47. The Morgan fingerprint density at radius 3 is 2.68 bits per heavy atom. The van der Waals surface area contributed by atoms with Crippen molar-refractivity contribution in [3.8, 4) is 5.75 Å². The first-order valence-electron chi connectivity index (χ1n) is 8.47. The summed E-state index contributed by atoms with van der Waals surface area (Å²) in [6.45, 7) is 5.39. The molecule has 2 aromatic rings. The van der Waals surface area contributed by atoms with Gasteiger partial charge in [-0.3, -0.25) is 19.2 Å². The topological polar surface area (TPSA) is 91.5 Å². The van der Waals surface area contributed by atoms with Gasteiger partial charge in [-0.15, -0.1) is 0 Å². The summed E-state index contributed by atoms with van der Waals surface area (Å²) < 4.78 is 1.59. The number of hydrogen-bond donors (Lipinski definition) is 2. The molecule has 2 aromatic heterocycles. The van der Waals surface area contributed by atoms with Crippen LogP contribution < -0.4 is 5.56 Å². The van der Waals surface area contributed by atoms with E-state index >= 15 is 0 Å². The smallest absolute Gasteiger partial charge is 0.256 e. The number of hydrogen-bond acceptors (Lipinski definition) is 6. The van der Waals surface area contributed by atoms with Gasteiger partial charge in [-0.25, -0.2) is 4.98 Å². The molecular formula is C18H24N4O3. The Balaban J connectivity index is 1.86. The van der Waals surface area contributed by atoms with E-state index in [4.69, 9.17) is 0 Å². The summed E-state index contributed by atoms with van der Waals surface area (Å²) >= 11 is 0. The minimum Gasteiger partial charge on any atom is -0.506 e. The third-order valence-electron chi connectivity index (χ3n) is 5.02. The summed E-state index contributed by atoms with van der Waals surface area (Å²) in [6, 6.07) is 0. The highest BCUT2D eigenvalue weighted by Crippen LogP contribution is 2.26. The lowest BCUT2D eigenvalue weighted by atomic mass is 10.1. The molecule has 0 spiro atoms. The minimum atomic E-state index is -0.161. The van der Waals surface area contributed by atoms with E-state index in [-0.39, 0.29) is 17.9 Å². The Labute approximate surface area is 146 Å². The summed E-state index contributed by atoms with van der Waals surface area (Å²) in [4.78, 5) is 23.3. The Morgan fingerprint density at radius 1 is 1.24 bits per heavy atom. The molecular weight excluding hydrogens is 320 g/mol. The van der Waals surface area contributed by atoms with Gasteiger partial charge in [0.25, 0.3) is 5.56 Å². The van der Waals surface area contributed by atoms with Crippen molar-refractivity contribution >= 4 is 0 Å². The highest BCUT2D eigenvalue weighted by Gasteiger charge is 2.21. The molecule has 7 nitrogen and oxygen atoms in total. The molecule has 3 rings (SSSR count). The summed E-state index contributed by atoms with van der Waals surface area (Å²) in [5.41, 5.74) is 3.58. The van der Waals surface area contributed by atoms with Crippen LogP contribution in [0.15, 0.2) is 11.0 Å². The zero-order valence-corrected chi connectivity index (χ0v) is 14.9. The van der Waals surface area contributed by atoms with Crippen molar-refractivity contribution < 1.29 is 10.2 Å². The van der Waals surface area contributed by atoms with E-state index in [1.165, 1.54) is 0 Å². The van der Waals surface area contributed by atoms with E-state index in [9.17, 15) is 15.0 Å². The molecule has 1 aliphatic heterocycles. The molecule has 2 N–H and O–H groups in total. The van der Waals surface area contributed by atoms with Gasteiger partial charge < -0.3 is 10.2 Å². The van der Waals surface area contributed by atoms with Gasteiger partial charge in [-0.2, -0.15) is 0 Å². The number of fused-ring (bicyclic) bond motifs is 1. The van der Waals surface area contributed by atoms with Gasteiger partial charge in [0, 0.05) is 56.0 Å². The number of pyridine rings is 1. The maximum absolute atomic E-state index is 12.5. The van der Waals surface area contributed by atoms with Crippen molar-refractivity contribution in [2.75, 3.05) is 13.1 Å². The van der Waals surface area contributed by atoms with Gasteiger partial charge in [-0.1, -0.05) is 0 Å². The predicted molar refractivity (Wildman–Crippen MR) is 93.5 cm³/mol. The van der Waals surface area contributed by atoms with E-state index < -0.39 is 0 Å². The van der Waals surface area contributed by atoms with Crippen LogP contribution in [0, 0.1) is 13.8 Å². The van der Waals surface area contributed by atoms with Crippen LogP contribution in [0.4, 0.5) is 0 Å². The van der Waals surface area contributed by atoms with Crippen LogP contribution >= 0.6 is 0 Å². The van der Waals surface area contributed by atoms with Crippen LogP contribution in [0.3, 0.4) is 0 Å². The summed E-state index contributed by atoms with van der Waals surface area (Å²) in [6.07, 6.45) is 2.94. The van der Waals surface area contributed by atoms with Crippen LogP contribution in [0.25, 0.3) is 0 Å². The van der Waals surface area contributed by atoms with Crippen LogP contribution in [0.1, 0.15) is 33.9 Å². The SMILES string of the molecule is Cc1ncc(CO)c(CN2CCc3nc(C)n(C)c(=O)c3CC2)c1O. The van der Waals surface area contributed by atoms with Gasteiger partial charge in [0.05, 0.1) is 18.0 Å².